The molecule has 0 amide bonds. The van der Waals surface area contributed by atoms with Crippen molar-refractivity contribution < 1.29 is 18.9 Å². The van der Waals surface area contributed by atoms with Crippen molar-refractivity contribution in [3.63, 3.8) is 0 Å². The van der Waals surface area contributed by atoms with E-state index in [1.807, 2.05) is 42.5 Å². The van der Waals surface area contributed by atoms with Crippen molar-refractivity contribution >= 4 is 28.2 Å². The normalized spacial score (nSPS) is 17.5. The summed E-state index contributed by atoms with van der Waals surface area (Å²) >= 11 is 5.61. The number of benzene rings is 2. The molecule has 3 heterocycles. The monoisotopic (exact) mass is 438 g/mol. The van der Waals surface area contributed by atoms with Crippen molar-refractivity contribution in [1.29, 1.82) is 0 Å². The van der Waals surface area contributed by atoms with Gasteiger partial charge in [-0.1, -0.05) is 18.2 Å². The number of aromatic nitrogens is 2. The van der Waals surface area contributed by atoms with Crippen LogP contribution in [-0.4, -0.2) is 59.2 Å². The molecule has 0 bridgehead atoms. The van der Waals surface area contributed by atoms with E-state index in [2.05, 4.69) is 20.2 Å². The van der Waals surface area contributed by atoms with Gasteiger partial charge in [0, 0.05) is 19.6 Å². The maximum atomic E-state index is 5.97. The summed E-state index contributed by atoms with van der Waals surface area (Å²) in [7, 11) is 0. The number of fused-ring (bicyclic) bond motifs is 2. The number of thiocarbonyl (C=S) groups is 1. The van der Waals surface area contributed by atoms with E-state index in [0.29, 0.717) is 37.3 Å². The summed E-state index contributed by atoms with van der Waals surface area (Å²) in [6.45, 7) is 3.25. The van der Waals surface area contributed by atoms with E-state index >= 15 is 0 Å². The molecule has 1 aromatic heterocycles. The highest BCUT2D eigenvalue weighted by molar-refractivity contribution is 7.80. The van der Waals surface area contributed by atoms with Crippen molar-refractivity contribution in [2.45, 2.75) is 12.6 Å². The number of nitrogens with one attached hydrogen (secondary N) is 1. The molecule has 31 heavy (non-hydrogen) atoms. The zero-order chi connectivity index (χ0) is 21.0. The third-order valence-corrected chi connectivity index (χ3v) is 5.62. The van der Waals surface area contributed by atoms with Gasteiger partial charge in [0.15, 0.2) is 16.6 Å². The number of nitrogens with zero attached hydrogens (tertiary/aromatic N) is 3. The van der Waals surface area contributed by atoms with E-state index in [4.69, 9.17) is 31.2 Å². The molecule has 0 saturated carbocycles. The summed E-state index contributed by atoms with van der Waals surface area (Å²) < 4.78 is 22.6. The molecule has 2 aromatic carbocycles. The topological polar surface area (TPSA) is 78.0 Å². The molecule has 1 fully saturated rings. The molecule has 1 unspecified atom stereocenters. The second-order valence-electron chi connectivity index (χ2n) is 7.29. The van der Waals surface area contributed by atoms with E-state index < -0.39 is 0 Å². The quantitative estimate of drug-likeness (QED) is 0.605. The fraction of sp³-hybridized carbons (Fsp3) is 0.318. The maximum absolute atomic E-state index is 5.97. The van der Waals surface area contributed by atoms with Crippen LogP contribution in [0.5, 0.6) is 17.4 Å². The van der Waals surface area contributed by atoms with Crippen molar-refractivity contribution in [2.24, 2.45) is 0 Å². The molecule has 160 valence electrons. The van der Waals surface area contributed by atoms with E-state index in [-0.39, 0.29) is 12.9 Å². The third kappa shape index (κ3) is 4.47. The first-order valence-electron chi connectivity index (χ1n) is 10.1. The number of hydrogen-bond acceptors (Lipinski definition) is 7. The van der Waals surface area contributed by atoms with E-state index in [0.717, 1.165) is 34.5 Å². The second kappa shape index (κ2) is 8.91. The van der Waals surface area contributed by atoms with Gasteiger partial charge in [0.1, 0.15) is 19.0 Å². The summed E-state index contributed by atoms with van der Waals surface area (Å²) in [6, 6.07) is 13.7. The lowest BCUT2D eigenvalue weighted by Crippen LogP contribution is -2.50. The van der Waals surface area contributed by atoms with Crippen LogP contribution in [-0.2, 0) is 11.3 Å². The molecule has 9 heteroatoms. The molecule has 0 radical (unpaired) electrons. The van der Waals surface area contributed by atoms with Crippen LogP contribution in [0.1, 0.15) is 5.56 Å². The van der Waals surface area contributed by atoms with Gasteiger partial charge in [-0.05, 0) is 42.0 Å². The molecule has 2 aliphatic rings. The third-order valence-electron chi connectivity index (χ3n) is 5.22. The summed E-state index contributed by atoms with van der Waals surface area (Å²) in [4.78, 5) is 10.6. The molecule has 5 rings (SSSR count). The number of morpholine rings is 1. The lowest BCUT2D eigenvalue weighted by molar-refractivity contribution is -0.0292. The average Bonchev–Trinajstić information content (AvgIpc) is 3.29. The minimum absolute atomic E-state index is 0.104. The van der Waals surface area contributed by atoms with Gasteiger partial charge in [-0.3, -0.25) is 0 Å². The predicted octanol–water partition coefficient (Wildman–Crippen LogP) is 2.51. The van der Waals surface area contributed by atoms with Gasteiger partial charge in [-0.25, -0.2) is 9.97 Å². The Balaban J connectivity index is 1.15. The molecular weight excluding hydrogens is 416 g/mol. The molecule has 1 atom stereocenters. The largest absolute Gasteiger partial charge is 0.474 e. The van der Waals surface area contributed by atoms with Crippen LogP contribution in [0, 0.1) is 0 Å². The van der Waals surface area contributed by atoms with Crippen LogP contribution in [0.25, 0.3) is 10.9 Å². The molecule has 1 N–H and O–H groups in total. The average molecular weight is 439 g/mol. The first kappa shape index (κ1) is 19.8. The van der Waals surface area contributed by atoms with Gasteiger partial charge in [0.05, 0.1) is 17.5 Å². The lowest BCUT2D eigenvalue weighted by atomic mass is 10.2. The maximum Gasteiger partial charge on any atom is 0.231 e. The van der Waals surface area contributed by atoms with Crippen molar-refractivity contribution in [3.05, 3.63) is 54.4 Å². The van der Waals surface area contributed by atoms with Gasteiger partial charge in [0.25, 0.3) is 0 Å². The first-order valence-corrected chi connectivity index (χ1v) is 10.5. The molecule has 1 saturated heterocycles. The first-order chi connectivity index (χ1) is 15.3. The minimum atomic E-state index is -0.104. The van der Waals surface area contributed by atoms with Gasteiger partial charge >= 0.3 is 0 Å². The van der Waals surface area contributed by atoms with Crippen molar-refractivity contribution in [3.8, 4) is 17.4 Å². The fourth-order valence-corrected chi connectivity index (χ4v) is 3.85. The summed E-state index contributed by atoms with van der Waals surface area (Å²) in [5.74, 6) is 2.11. The highest BCUT2D eigenvalue weighted by Crippen LogP contribution is 2.32. The fourth-order valence-electron chi connectivity index (χ4n) is 3.61. The van der Waals surface area contributed by atoms with Gasteiger partial charge in [-0.15, -0.1) is 0 Å². The van der Waals surface area contributed by atoms with Gasteiger partial charge in [0.2, 0.25) is 12.7 Å². The van der Waals surface area contributed by atoms with Crippen LogP contribution < -0.4 is 19.5 Å². The molecule has 2 aliphatic heterocycles. The summed E-state index contributed by atoms with van der Waals surface area (Å²) in [6.07, 6.45) is 1.41. The predicted molar refractivity (Wildman–Crippen MR) is 118 cm³/mol. The minimum Gasteiger partial charge on any atom is -0.474 e. The molecule has 3 aromatic rings. The molecule has 0 spiro atoms. The van der Waals surface area contributed by atoms with Crippen molar-refractivity contribution in [2.75, 3.05) is 33.1 Å². The Bertz CT molecular complexity index is 1090. The highest BCUT2D eigenvalue weighted by atomic mass is 32.1. The van der Waals surface area contributed by atoms with Crippen LogP contribution in [0.4, 0.5) is 0 Å². The molecule has 0 aliphatic carbocycles. The van der Waals surface area contributed by atoms with Crippen LogP contribution >= 0.6 is 12.2 Å². The smallest absolute Gasteiger partial charge is 0.231 e. The highest BCUT2D eigenvalue weighted by Gasteiger charge is 2.23. The zero-order valence-corrected chi connectivity index (χ0v) is 17.6. The SMILES string of the molecule is S=C(NCc1ccc2c(c1)OCO2)N1CCOC(COc2ncnc3ccccc23)C1. The van der Waals surface area contributed by atoms with E-state index in [1.54, 1.807) is 0 Å². The van der Waals surface area contributed by atoms with E-state index in [1.165, 1.54) is 6.33 Å². The van der Waals surface area contributed by atoms with E-state index in [9.17, 15) is 0 Å². The summed E-state index contributed by atoms with van der Waals surface area (Å²) in [5, 5.41) is 4.90. The zero-order valence-electron chi connectivity index (χ0n) is 16.8. The van der Waals surface area contributed by atoms with Crippen LogP contribution in [0.3, 0.4) is 0 Å². The number of ether oxygens (including phenoxy) is 4. The van der Waals surface area contributed by atoms with Gasteiger partial charge < -0.3 is 29.2 Å². The Labute approximate surface area is 185 Å². The number of hydrogen-bond donors (Lipinski definition) is 1. The lowest BCUT2D eigenvalue weighted by Gasteiger charge is -2.34. The van der Waals surface area contributed by atoms with Crippen molar-refractivity contribution in [1.82, 2.24) is 20.2 Å². The standard InChI is InChI=1S/C22H22N4O4S/c31-22(23-10-15-5-6-19-20(9-15)30-14-29-19)26-7-8-27-16(11-26)12-28-21-17-3-1-2-4-18(17)24-13-25-21/h1-6,9,13,16H,7-8,10-12,14H2,(H,23,31). The number of para-hydroxylation sites is 1. The Hall–Kier alpha value is -3.17. The Morgan fingerprint density at radius 1 is 1.16 bits per heavy atom. The van der Waals surface area contributed by atoms with Crippen LogP contribution in [0.15, 0.2) is 48.8 Å². The molecule has 8 nitrogen and oxygen atoms in total. The Morgan fingerprint density at radius 3 is 3.03 bits per heavy atom. The van der Waals surface area contributed by atoms with Crippen LogP contribution in [0.2, 0.25) is 0 Å². The Kier molecular flexibility index (Phi) is 5.68. The summed E-state index contributed by atoms with van der Waals surface area (Å²) in [5.41, 5.74) is 1.93. The second-order valence-corrected chi connectivity index (χ2v) is 7.68. The Morgan fingerprint density at radius 2 is 2.06 bits per heavy atom. The number of rotatable bonds is 5. The molecular formula is C22H22N4O4S. The van der Waals surface area contributed by atoms with Gasteiger partial charge in [-0.2, -0.15) is 0 Å².